The molecular formula is C19H14F2N4O. The Balaban J connectivity index is 2.18. The summed E-state index contributed by atoms with van der Waals surface area (Å²) in [6.07, 6.45) is 0. The summed E-state index contributed by atoms with van der Waals surface area (Å²) in [5, 5.41) is 0. The van der Waals surface area contributed by atoms with Gasteiger partial charge in [0.2, 0.25) is 5.91 Å². The number of imidazole rings is 1. The summed E-state index contributed by atoms with van der Waals surface area (Å²) >= 11 is 0. The molecule has 4 aromatic rings. The fraction of sp³-hybridized carbons (Fsp3) is 0.105. The van der Waals surface area contributed by atoms with E-state index < -0.39 is 17.5 Å². The van der Waals surface area contributed by atoms with Crippen molar-refractivity contribution >= 4 is 22.5 Å². The molecule has 2 aromatic heterocycles. The van der Waals surface area contributed by atoms with Crippen molar-refractivity contribution < 1.29 is 13.6 Å². The number of rotatable bonds is 2. The van der Waals surface area contributed by atoms with Gasteiger partial charge in [0.15, 0.2) is 0 Å². The Hall–Kier alpha value is -3.35. The maximum atomic E-state index is 14.5. The molecule has 0 spiro atoms. The van der Waals surface area contributed by atoms with E-state index in [4.69, 9.17) is 5.73 Å². The lowest BCUT2D eigenvalue weighted by Crippen LogP contribution is -2.11. The average Bonchev–Trinajstić information content (AvgIpc) is 2.94. The Kier molecular flexibility index (Phi) is 3.47. The number of halogens is 2. The van der Waals surface area contributed by atoms with E-state index in [0.29, 0.717) is 27.9 Å². The van der Waals surface area contributed by atoms with Gasteiger partial charge in [-0.3, -0.25) is 9.20 Å². The van der Waals surface area contributed by atoms with Gasteiger partial charge in [0.25, 0.3) is 0 Å². The SMILES string of the molecule is Cc1nc(-c2cc(C(N)=O)ccc2F)n2c1c(C)nc1ccc(F)cc12. The van der Waals surface area contributed by atoms with Gasteiger partial charge in [0.1, 0.15) is 17.5 Å². The first-order valence-corrected chi connectivity index (χ1v) is 7.91. The van der Waals surface area contributed by atoms with Crippen molar-refractivity contribution in [3.8, 4) is 11.4 Å². The van der Waals surface area contributed by atoms with Crippen LogP contribution in [0, 0.1) is 25.5 Å². The van der Waals surface area contributed by atoms with E-state index in [0.717, 1.165) is 0 Å². The van der Waals surface area contributed by atoms with Gasteiger partial charge in [0.05, 0.1) is 33.5 Å². The fourth-order valence-electron chi connectivity index (χ4n) is 3.22. The van der Waals surface area contributed by atoms with E-state index in [1.54, 1.807) is 17.4 Å². The molecule has 0 aliphatic carbocycles. The minimum Gasteiger partial charge on any atom is -0.366 e. The molecule has 26 heavy (non-hydrogen) atoms. The van der Waals surface area contributed by atoms with Crippen molar-refractivity contribution in [1.82, 2.24) is 14.4 Å². The van der Waals surface area contributed by atoms with Crippen LogP contribution in [0.25, 0.3) is 27.9 Å². The van der Waals surface area contributed by atoms with Crippen LogP contribution in [0.5, 0.6) is 0 Å². The molecule has 0 fully saturated rings. The second-order valence-electron chi connectivity index (χ2n) is 6.09. The van der Waals surface area contributed by atoms with Crippen LogP contribution >= 0.6 is 0 Å². The number of fused-ring (bicyclic) bond motifs is 3. The first-order chi connectivity index (χ1) is 12.4. The highest BCUT2D eigenvalue weighted by Gasteiger charge is 2.19. The van der Waals surface area contributed by atoms with Gasteiger partial charge in [-0.25, -0.2) is 18.7 Å². The molecule has 1 amide bonds. The van der Waals surface area contributed by atoms with Gasteiger partial charge in [0, 0.05) is 11.6 Å². The monoisotopic (exact) mass is 352 g/mol. The van der Waals surface area contributed by atoms with E-state index in [1.165, 1.54) is 30.3 Å². The number of aromatic nitrogens is 3. The topological polar surface area (TPSA) is 73.3 Å². The van der Waals surface area contributed by atoms with Crippen molar-refractivity contribution in [2.45, 2.75) is 13.8 Å². The van der Waals surface area contributed by atoms with Crippen LogP contribution < -0.4 is 5.73 Å². The Morgan fingerprint density at radius 1 is 1.04 bits per heavy atom. The predicted octanol–water partition coefficient (Wildman–Crippen LogP) is 3.54. The summed E-state index contributed by atoms with van der Waals surface area (Å²) in [6, 6.07) is 8.05. The number of aryl methyl sites for hydroxylation is 2. The fourth-order valence-corrected chi connectivity index (χ4v) is 3.22. The molecule has 0 aliphatic rings. The number of nitrogens with two attached hydrogens (primary N) is 1. The lowest BCUT2D eigenvalue weighted by Gasteiger charge is -2.09. The molecule has 130 valence electrons. The van der Waals surface area contributed by atoms with Gasteiger partial charge in [-0.15, -0.1) is 0 Å². The normalized spacial score (nSPS) is 11.4. The number of carbonyl (C=O) groups excluding carboxylic acids is 1. The first-order valence-electron chi connectivity index (χ1n) is 7.91. The zero-order valence-electron chi connectivity index (χ0n) is 14.0. The summed E-state index contributed by atoms with van der Waals surface area (Å²) in [4.78, 5) is 20.4. The second-order valence-corrected chi connectivity index (χ2v) is 6.09. The van der Waals surface area contributed by atoms with Gasteiger partial charge < -0.3 is 5.73 Å². The van der Waals surface area contributed by atoms with Crippen LogP contribution in [-0.2, 0) is 0 Å². The van der Waals surface area contributed by atoms with Gasteiger partial charge >= 0.3 is 0 Å². The van der Waals surface area contributed by atoms with E-state index in [9.17, 15) is 13.6 Å². The van der Waals surface area contributed by atoms with E-state index in [2.05, 4.69) is 9.97 Å². The molecule has 2 heterocycles. The summed E-state index contributed by atoms with van der Waals surface area (Å²) in [7, 11) is 0. The summed E-state index contributed by atoms with van der Waals surface area (Å²) in [6.45, 7) is 3.58. The minimum absolute atomic E-state index is 0.112. The highest BCUT2D eigenvalue weighted by atomic mass is 19.1. The number of carbonyl (C=O) groups is 1. The minimum atomic E-state index is -0.669. The molecule has 0 aliphatic heterocycles. The molecule has 7 heteroatoms. The molecule has 0 bridgehead atoms. The Morgan fingerprint density at radius 2 is 1.77 bits per heavy atom. The zero-order valence-corrected chi connectivity index (χ0v) is 14.0. The zero-order chi connectivity index (χ0) is 18.6. The van der Waals surface area contributed by atoms with Crippen LogP contribution in [-0.4, -0.2) is 20.3 Å². The van der Waals surface area contributed by atoms with Crippen LogP contribution in [0.15, 0.2) is 36.4 Å². The third kappa shape index (κ3) is 2.32. The molecule has 2 N–H and O–H groups in total. The largest absolute Gasteiger partial charge is 0.366 e. The summed E-state index contributed by atoms with van der Waals surface area (Å²) < 4.78 is 30.1. The smallest absolute Gasteiger partial charge is 0.248 e. The molecule has 0 radical (unpaired) electrons. The standard InChI is InChI=1S/C19H14F2N4O/c1-9-17-10(2)24-19(13-7-11(18(22)26)3-5-14(13)21)25(17)16-8-12(20)4-6-15(16)23-9/h3-8H,1-2H3,(H2,22,26). The summed E-state index contributed by atoms with van der Waals surface area (Å²) in [5.41, 5.74) is 8.59. The average molecular weight is 352 g/mol. The quantitative estimate of drug-likeness (QED) is 0.600. The highest BCUT2D eigenvalue weighted by molar-refractivity contribution is 5.94. The highest BCUT2D eigenvalue weighted by Crippen LogP contribution is 2.30. The Labute approximate surface area is 147 Å². The van der Waals surface area contributed by atoms with Crippen molar-refractivity contribution in [2.24, 2.45) is 5.73 Å². The van der Waals surface area contributed by atoms with E-state index >= 15 is 0 Å². The first kappa shape index (κ1) is 16.1. The Bertz CT molecular complexity index is 1210. The van der Waals surface area contributed by atoms with Crippen molar-refractivity contribution in [3.63, 3.8) is 0 Å². The molecular weight excluding hydrogens is 338 g/mol. The van der Waals surface area contributed by atoms with Crippen LogP contribution in [0.1, 0.15) is 21.7 Å². The number of amides is 1. The second kappa shape index (κ2) is 5.59. The lowest BCUT2D eigenvalue weighted by atomic mass is 10.1. The third-order valence-electron chi connectivity index (χ3n) is 4.35. The van der Waals surface area contributed by atoms with Gasteiger partial charge in [-0.2, -0.15) is 0 Å². The molecule has 0 saturated carbocycles. The Morgan fingerprint density at radius 3 is 2.50 bits per heavy atom. The third-order valence-corrected chi connectivity index (χ3v) is 4.35. The number of primary amides is 1. The number of hydrogen-bond donors (Lipinski definition) is 1. The lowest BCUT2D eigenvalue weighted by molar-refractivity contribution is 0.100. The molecule has 2 aromatic carbocycles. The number of hydrogen-bond acceptors (Lipinski definition) is 3. The van der Waals surface area contributed by atoms with Gasteiger partial charge in [-0.1, -0.05) is 0 Å². The molecule has 0 unspecified atom stereocenters. The molecule has 4 rings (SSSR count). The maximum absolute atomic E-state index is 14.5. The summed E-state index contributed by atoms with van der Waals surface area (Å²) in [5.74, 6) is -1.40. The molecule has 5 nitrogen and oxygen atoms in total. The van der Waals surface area contributed by atoms with E-state index in [1.807, 2.05) is 6.92 Å². The van der Waals surface area contributed by atoms with Crippen LogP contribution in [0.2, 0.25) is 0 Å². The number of benzene rings is 2. The van der Waals surface area contributed by atoms with Crippen LogP contribution in [0.4, 0.5) is 8.78 Å². The van der Waals surface area contributed by atoms with Crippen LogP contribution in [0.3, 0.4) is 0 Å². The maximum Gasteiger partial charge on any atom is 0.248 e. The molecule has 0 atom stereocenters. The van der Waals surface area contributed by atoms with Crippen molar-refractivity contribution in [3.05, 3.63) is 65.0 Å². The predicted molar refractivity (Wildman–Crippen MR) is 93.8 cm³/mol. The van der Waals surface area contributed by atoms with E-state index in [-0.39, 0.29) is 17.0 Å². The van der Waals surface area contributed by atoms with Crippen molar-refractivity contribution in [2.75, 3.05) is 0 Å². The number of nitrogens with zero attached hydrogens (tertiary/aromatic N) is 3. The van der Waals surface area contributed by atoms with Gasteiger partial charge in [-0.05, 0) is 44.2 Å². The van der Waals surface area contributed by atoms with Crippen molar-refractivity contribution in [1.29, 1.82) is 0 Å². The molecule has 0 saturated heterocycles.